The molecule has 0 aliphatic rings. The fourth-order valence-corrected chi connectivity index (χ4v) is 3.07. The maximum Gasteiger partial charge on any atom is 0.119 e. The highest BCUT2D eigenvalue weighted by atomic mass is 16.5. The normalized spacial score (nSPS) is 10.9. The van der Waals surface area contributed by atoms with Crippen molar-refractivity contribution in [3.63, 3.8) is 0 Å². The molecule has 4 rings (SSSR count). The molecule has 0 saturated heterocycles. The third kappa shape index (κ3) is 2.56. The van der Waals surface area contributed by atoms with E-state index in [0.29, 0.717) is 0 Å². The van der Waals surface area contributed by atoms with E-state index in [0.717, 1.165) is 11.5 Å². The van der Waals surface area contributed by atoms with E-state index in [2.05, 4.69) is 54.6 Å². The van der Waals surface area contributed by atoms with E-state index < -0.39 is 0 Å². The van der Waals surface area contributed by atoms with Crippen molar-refractivity contribution < 1.29 is 9.47 Å². The van der Waals surface area contributed by atoms with E-state index in [-0.39, 0.29) is 0 Å². The van der Waals surface area contributed by atoms with Crippen LogP contribution >= 0.6 is 0 Å². The summed E-state index contributed by atoms with van der Waals surface area (Å²) in [7, 11) is 3.38. The minimum Gasteiger partial charge on any atom is -0.497 e. The van der Waals surface area contributed by atoms with E-state index in [1.54, 1.807) is 14.2 Å². The first-order valence-corrected chi connectivity index (χ1v) is 7.93. The number of benzene rings is 4. The number of methoxy groups -OCH3 is 2. The van der Waals surface area contributed by atoms with Crippen molar-refractivity contribution in [1.29, 1.82) is 0 Å². The van der Waals surface area contributed by atoms with Crippen LogP contribution in [0.5, 0.6) is 11.5 Å². The van der Waals surface area contributed by atoms with Crippen LogP contribution in [0.25, 0.3) is 32.7 Å². The number of hydrogen-bond donors (Lipinski definition) is 0. The van der Waals surface area contributed by atoms with Gasteiger partial charge in [-0.2, -0.15) is 0 Å². The summed E-state index contributed by atoms with van der Waals surface area (Å²) in [5, 5.41) is 4.88. The summed E-state index contributed by atoms with van der Waals surface area (Å²) in [6.07, 6.45) is 0. The number of fused-ring (bicyclic) bond motifs is 2. The zero-order valence-electron chi connectivity index (χ0n) is 13.7. The molecule has 4 aromatic carbocycles. The lowest BCUT2D eigenvalue weighted by molar-refractivity contribution is 0.415. The highest BCUT2D eigenvalue weighted by Gasteiger charge is 2.03. The Kier molecular flexibility index (Phi) is 3.58. The first-order chi connectivity index (χ1) is 11.8. The molecule has 118 valence electrons. The smallest absolute Gasteiger partial charge is 0.119 e. The maximum atomic E-state index is 5.32. The summed E-state index contributed by atoms with van der Waals surface area (Å²) in [5.74, 6) is 1.76. The Hall–Kier alpha value is -3.00. The monoisotopic (exact) mass is 314 g/mol. The lowest BCUT2D eigenvalue weighted by Gasteiger charge is -2.08. The predicted molar refractivity (Wildman–Crippen MR) is 100.0 cm³/mol. The topological polar surface area (TPSA) is 18.5 Å². The summed E-state index contributed by atoms with van der Waals surface area (Å²) in [4.78, 5) is 0. The van der Waals surface area contributed by atoms with Gasteiger partial charge in [0.25, 0.3) is 0 Å². The number of ether oxygens (including phenoxy) is 2. The molecule has 0 N–H and O–H groups in total. The van der Waals surface area contributed by atoms with Crippen LogP contribution in [0.15, 0.2) is 72.8 Å². The third-order valence-electron chi connectivity index (χ3n) is 4.43. The van der Waals surface area contributed by atoms with Gasteiger partial charge >= 0.3 is 0 Å². The Morgan fingerprint density at radius 3 is 1.67 bits per heavy atom. The van der Waals surface area contributed by atoms with Crippen LogP contribution in [0.3, 0.4) is 0 Å². The Morgan fingerprint density at radius 2 is 1.00 bits per heavy atom. The lowest BCUT2D eigenvalue weighted by Crippen LogP contribution is -1.84. The van der Waals surface area contributed by atoms with Crippen molar-refractivity contribution in [1.82, 2.24) is 0 Å². The molecule has 0 radical (unpaired) electrons. The minimum absolute atomic E-state index is 0.875. The Morgan fingerprint density at radius 1 is 0.458 bits per heavy atom. The van der Waals surface area contributed by atoms with Crippen LogP contribution in [0.2, 0.25) is 0 Å². The molecule has 2 nitrogen and oxygen atoms in total. The van der Waals surface area contributed by atoms with E-state index in [9.17, 15) is 0 Å². The SMILES string of the molecule is COc1ccc(-c2ccc3cc4cc(OC)ccc4cc3c2)cc1. The van der Waals surface area contributed by atoms with Gasteiger partial charge in [-0.3, -0.25) is 0 Å². The maximum absolute atomic E-state index is 5.32. The van der Waals surface area contributed by atoms with Crippen molar-refractivity contribution in [3.8, 4) is 22.6 Å². The Balaban J connectivity index is 1.83. The van der Waals surface area contributed by atoms with Crippen molar-refractivity contribution in [2.45, 2.75) is 0 Å². The second-order valence-corrected chi connectivity index (χ2v) is 5.86. The zero-order chi connectivity index (χ0) is 16.5. The van der Waals surface area contributed by atoms with Gasteiger partial charge < -0.3 is 9.47 Å². The predicted octanol–water partition coefficient (Wildman–Crippen LogP) is 5.68. The summed E-state index contributed by atoms with van der Waals surface area (Å²) >= 11 is 0. The van der Waals surface area contributed by atoms with Gasteiger partial charge in [-0.15, -0.1) is 0 Å². The molecule has 24 heavy (non-hydrogen) atoms. The second kappa shape index (κ2) is 5.89. The third-order valence-corrected chi connectivity index (χ3v) is 4.43. The first-order valence-electron chi connectivity index (χ1n) is 7.93. The molecule has 0 atom stereocenters. The number of rotatable bonds is 3. The van der Waals surface area contributed by atoms with Gasteiger partial charge in [-0.25, -0.2) is 0 Å². The van der Waals surface area contributed by atoms with Gasteiger partial charge in [0.2, 0.25) is 0 Å². The molecule has 0 heterocycles. The van der Waals surface area contributed by atoms with Crippen molar-refractivity contribution in [3.05, 3.63) is 72.8 Å². The molecule has 0 aliphatic heterocycles. The molecule has 0 fully saturated rings. The van der Waals surface area contributed by atoms with Gasteiger partial charge in [0.15, 0.2) is 0 Å². The molecule has 0 aromatic heterocycles. The average molecular weight is 314 g/mol. The molecular formula is C22H18O2. The molecule has 4 aromatic rings. The van der Waals surface area contributed by atoms with Crippen molar-refractivity contribution >= 4 is 21.5 Å². The zero-order valence-corrected chi connectivity index (χ0v) is 13.7. The molecule has 0 bridgehead atoms. The van der Waals surface area contributed by atoms with Gasteiger partial charge in [-0.05, 0) is 75.1 Å². The lowest BCUT2D eigenvalue weighted by atomic mass is 9.98. The molecular weight excluding hydrogens is 296 g/mol. The van der Waals surface area contributed by atoms with E-state index in [4.69, 9.17) is 9.47 Å². The summed E-state index contributed by atoms with van der Waals surface area (Å²) < 4.78 is 10.6. The summed E-state index contributed by atoms with van der Waals surface area (Å²) in [6, 6.07) is 25.4. The van der Waals surface area contributed by atoms with Crippen LogP contribution < -0.4 is 9.47 Å². The quantitative estimate of drug-likeness (QED) is 0.453. The fraction of sp³-hybridized carbons (Fsp3) is 0.0909. The van der Waals surface area contributed by atoms with Gasteiger partial charge in [-0.1, -0.05) is 30.3 Å². The van der Waals surface area contributed by atoms with Crippen LogP contribution in [0.4, 0.5) is 0 Å². The molecule has 2 heteroatoms. The summed E-state index contributed by atoms with van der Waals surface area (Å²) in [6.45, 7) is 0. The first kappa shape index (κ1) is 14.6. The van der Waals surface area contributed by atoms with Gasteiger partial charge in [0, 0.05) is 0 Å². The molecule has 0 spiro atoms. The average Bonchev–Trinajstić information content (AvgIpc) is 2.65. The van der Waals surface area contributed by atoms with E-state index >= 15 is 0 Å². The van der Waals surface area contributed by atoms with Crippen LogP contribution in [-0.2, 0) is 0 Å². The molecule has 0 amide bonds. The highest BCUT2D eigenvalue weighted by Crippen LogP contribution is 2.30. The summed E-state index contributed by atoms with van der Waals surface area (Å²) in [5.41, 5.74) is 2.39. The highest BCUT2D eigenvalue weighted by molar-refractivity contribution is 6.00. The fourth-order valence-electron chi connectivity index (χ4n) is 3.07. The van der Waals surface area contributed by atoms with Gasteiger partial charge in [0.05, 0.1) is 14.2 Å². The standard InChI is InChI=1S/C22H18O2/c1-23-21-8-5-15(6-9-21)16-3-4-17-13-20-14-22(24-2)10-7-18(20)12-19(17)11-16/h3-14H,1-2H3. The molecule has 0 unspecified atom stereocenters. The molecule has 0 aliphatic carbocycles. The van der Waals surface area contributed by atoms with E-state index in [1.807, 2.05) is 18.2 Å². The van der Waals surface area contributed by atoms with Crippen molar-refractivity contribution in [2.75, 3.05) is 14.2 Å². The number of hydrogen-bond acceptors (Lipinski definition) is 2. The van der Waals surface area contributed by atoms with E-state index in [1.165, 1.54) is 32.7 Å². The van der Waals surface area contributed by atoms with Crippen LogP contribution in [-0.4, -0.2) is 14.2 Å². The van der Waals surface area contributed by atoms with Crippen LogP contribution in [0, 0.1) is 0 Å². The van der Waals surface area contributed by atoms with Gasteiger partial charge in [0.1, 0.15) is 11.5 Å². The van der Waals surface area contributed by atoms with Crippen LogP contribution in [0.1, 0.15) is 0 Å². The Labute approximate surface area is 141 Å². The largest absolute Gasteiger partial charge is 0.497 e. The van der Waals surface area contributed by atoms with Crippen molar-refractivity contribution in [2.24, 2.45) is 0 Å². The molecule has 0 saturated carbocycles. The minimum atomic E-state index is 0.875. The second-order valence-electron chi connectivity index (χ2n) is 5.86. The Bertz CT molecular complexity index is 1020.